The summed E-state index contributed by atoms with van der Waals surface area (Å²) in [5.74, 6) is 0. The number of hydrogen-bond acceptors (Lipinski definition) is 4. The summed E-state index contributed by atoms with van der Waals surface area (Å²) in [4.78, 5) is 13.0. The van der Waals surface area contributed by atoms with Crippen LogP contribution in [0.1, 0.15) is 18.9 Å². The van der Waals surface area contributed by atoms with E-state index in [-0.39, 0.29) is 10.6 Å². The fourth-order valence-corrected chi connectivity index (χ4v) is 2.72. The molecule has 1 saturated heterocycles. The van der Waals surface area contributed by atoms with Crippen molar-refractivity contribution in [1.82, 2.24) is 10.2 Å². The number of nitro benzene ring substituents is 1. The Morgan fingerprint density at radius 3 is 2.95 bits per heavy atom. The van der Waals surface area contributed by atoms with E-state index in [0.29, 0.717) is 23.2 Å². The van der Waals surface area contributed by atoms with Gasteiger partial charge < -0.3 is 5.32 Å². The number of rotatable bonds is 5. The van der Waals surface area contributed by atoms with Crippen LogP contribution in [0.25, 0.3) is 0 Å². The summed E-state index contributed by atoms with van der Waals surface area (Å²) in [5.41, 5.74) is 0.833. The van der Waals surface area contributed by atoms with Crippen molar-refractivity contribution in [3.8, 4) is 0 Å². The summed E-state index contributed by atoms with van der Waals surface area (Å²) >= 11 is 5.95. The molecule has 1 fully saturated rings. The zero-order valence-corrected chi connectivity index (χ0v) is 11.7. The SMILES string of the molecule is CCN(Cc1cc(Cl)ccc1[N+](=O)[O-])C1CCNC1. The lowest BCUT2D eigenvalue weighted by Gasteiger charge is -2.26. The van der Waals surface area contributed by atoms with Crippen molar-refractivity contribution in [3.63, 3.8) is 0 Å². The van der Waals surface area contributed by atoms with Crippen LogP contribution in [0.5, 0.6) is 0 Å². The molecule has 0 bridgehead atoms. The Kier molecular flexibility index (Phi) is 4.74. The molecule has 0 saturated carbocycles. The molecule has 0 aliphatic carbocycles. The van der Waals surface area contributed by atoms with Crippen LogP contribution in [0.3, 0.4) is 0 Å². The van der Waals surface area contributed by atoms with E-state index in [2.05, 4.69) is 17.1 Å². The molecular formula is C13H18ClN3O2. The number of nitrogens with one attached hydrogen (secondary N) is 1. The molecular weight excluding hydrogens is 266 g/mol. The van der Waals surface area contributed by atoms with Crippen LogP contribution in [0, 0.1) is 10.1 Å². The second-order valence-electron chi connectivity index (χ2n) is 4.74. The molecule has 1 aliphatic heterocycles. The van der Waals surface area contributed by atoms with E-state index in [1.54, 1.807) is 12.1 Å². The third-order valence-corrected chi connectivity index (χ3v) is 3.80. The van der Waals surface area contributed by atoms with Crippen molar-refractivity contribution in [3.05, 3.63) is 38.9 Å². The highest BCUT2D eigenvalue weighted by molar-refractivity contribution is 6.30. The molecule has 0 spiro atoms. The molecule has 1 aliphatic rings. The Morgan fingerprint density at radius 1 is 1.58 bits per heavy atom. The molecule has 0 aromatic heterocycles. The van der Waals surface area contributed by atoms with Gasteiger partial charge in [0.15, 0.2) is 0 Å². The fraction of sp³-hybridized carbons (Fsp3) is 0.538. The third-order valence-electron chi connectivity index (χ3n) is 3.57. The summed E-state index contributed by atoms with van der Waals surface area (Å²) in [5, 5.41) is 14.9. The summed E-state index contributed by atoms with van der Waals surface area (Å²) in [6.07, 6.45) is 1.09. The number of nitro groups is 1. The monoisotopic (exact) mass is 283 g/mol. The Balaban J connectivity index is 2.20. The first-order valence-corrected chi connectivity index (χ1v) is 6.87. The predicted octanol–water partition coefficient (Wildman–Crippen LogP) is 2.43. The lowest BCUT2D eigenvalue weighted by Crippen LogP contribution is -2.36. The van der Waals surface area contributed by atoms with E-state index in [1.807, 2.05) is 0 Å². The first kappa shape index (κ1) is 14.2. The lowest BCUT2D eigenvalue weighted by atomic mass is 10.1. The lowest BCUT2D eigenvalue weighted by molar-refractivity contribution is -0.385. The maximum Gasteiger partial charge on any atom is 0.273 e. The molecule has 1 atom stereocenters. The van der Waals surface area contributed by atoms with Gasteiger partial charge in [0.25, 0.3) is 5.69 Å². The molecule has 2 rings (SSSR count). The van der Waals surface area contributed by atoms with Crippen molar-refractivity contribution >= 4 is 17.3 Å². The molecule has 1 unspecified atom stereocenters. The largest absolute Gasteiger partial charge is 0.315 e. The topological polar surface area (TPSA) is 58.4 Å². The molecule has 104 valence electrons. The smallest absolute Gasteiger partial charge is 0.273 e. The third kappa shape index (κ3) is 3.43. The number of halogens is 1. The standard InChI is InChI=1S/C13H18ClN3O2/c1-2-16(12-5-6-15-8-12)9-10-7-11(14)3-4-13(10)17(18)19/h3-4,7,12,15H,2,5-6,8-9H2,1H3. The molecule has 5 nitrogen and oxygen atoms in total. The highest BCUT2D eigenvalue weighted by atomic mass is 35.5. The van der Waals surface area contributed by atoms with Crippen LogP contribution in [0.2, 0.25) is 5.02 Å². The van der Waals surface area contributed by atoms with E-state index in [9.17, 15) is 10.1 Å². The molecule has 1 heterocycles. The van der Waals surface area contributed by atoms with E-state index in [0.717, 1.165) is 26.1 Å². The normalized spacial score (nSPS) is 19.0. The van der Waals surface area contributed by atoms with Crippen LogP contribution >= 0.6 is 11.6 Å². The average molecular weight is 284 g/mol. The van der Waals surface area contributed by atoms with Gasteiger partial charge in [-0.2, -0.15) is 0 Å². The maximum atomic E-state index is 11.1. The number of nitrogens with zero attached hydrogens (tertiary/aromatic N) is 2. The molecule has 1 aromatic rings. The van der Waals surface area contributed by atoms with Gasteiger partial charge in [-0.05, 0) is 31.6 Å². The van der Waals surface area contributed by atoms with Gasteiger partial charge in [0.2, 0.25) is 0 Å². The van der Waals surface area contributed by atoms with Gasteiger partial charge in [0, 0.05) is 35.8 Å². The van der Waals surface area contributed by atoms with Gasteiger partial charge in [0.1, 0.15) is 0 Å². The Morgan fingerprint density at radius 2 is 2.37 bits per heavy atom. The highest BCUT2D eigenvalue weighted by Crippen LogP contribution is 2.25. The zero-order chi connectivity index (χ0) is 13.8. The summed E-state index contributed by atoms with van der Waals surface area (Å²) in [6, 6.07) is 5.20. The van der Waals surface area contributed by atoms with Gasteiger partial charge in [0.05, 0.1) is 4.92 Å². The van der Waals surface area contributed by atoms with E-state index in [1.165, 1.54) is 6.07 Å². The number of benzene rings is 1. The van der Waals surface area contributed by atoms with E-state index in [4.69, 9.17) is 11.6 Å². The van der Waals surface area contributed by atoms with Crippen LogP contribution in [0.15, 0.2) is 18.2 Å². The minimum Gasteiger partial charge on any atom is -0.315 e. The minimum atomic E-state index is -0.341. The minimum absolute atomic E-state index is 0.147. The number of likely N-dealkylation sites (N-methyl/N-ethyl adjacent to an activating group) is 1. The second kappa shape index (κ2) is 6.32. The van der Waals surface area contributed by atoms with E-state index >= 15 is 0 Å². The average Bonchev–Trinajstić information content (AvgIpc) is 2.89. The highest BCUT2D eigenvalue weighted by Gasteiger charge is 2.24. The van der Waals surface area contributed by atoms with Crippen LogP contribution in [-0.4, -0.2) is 35.5 Å². The van der Waals surface area contributed by atoms with Gasteiger partial charge in [-0.3, -0.25) is 15.0 Å². The summed E-state index contributed by atoms with van der Waals surface area (Å²) < 4.78 is 0. The molecule has 6 heteroatoms. The van der Waals surface area contributed by atoms with Crippen LogP contribution < -0.4 is 5.32 Å². The first-order chi connectivity index (χ1) is 9.11. The maximum absolute atomic E-state index is 11.1. The van der Waals surface area contributed by atoms with E-state index < -0.39 is 0 Å². The molecule has 19 heavy (non-hydrogen) atoms. The van der Waals surface area contributed by atoms with Crippen molar-refractivity contribution < 1.29 is 4.92 Å². The van der Waals surface area contributed by atoms with Crippen molar-refractivity contribution in [2.45, 2.75) is 25.9 Å². The first-order valence-electron chi connectivity index (χ1n) is 6.49. The molecule has 1 N–H and O–H groups in total. The summed E-state index contributed by atoms with van der Waals surface area (Å²) in [7, 11) is 0. The van der Waals surface area contributed by atoms with Crippen molar-refractivity contribution in [1.29, 1.82) is 0 Å². The fourth-order valence-electron chi connectivity index (χ4n) is 2.53. The quantitative estimate of drug-likeness (QED) is 0.666. The van der Waals surface area contributed by atoms with Gasteiger partial charge in [-0.25, -0.2) is 0 Å². The van der Waals surface area contributed by atoms with Gasteiger partial charge in [-0.15, -0.1) is 0 Å². The zero-order valence-electron chi connectivity index (χ0n) is 10.9. The molecule has 0 radical (unpaired) electrons. The summed E-state index contributed by atoms with van der Waals surface area (Å²) in [6.45, 7) is 5.48. The Hall–Kier alpha value is -1.17. The Labute approximate surface area is 117 Å². The number of hydrogen-bond donors (Lipinski definition) is 1. The predicted molar refractivity (Wildman–Crippen MR) is 75.5 cm³/mol. The molecule has 1 aromatic carbocycles. The van der Waals surface area contributed by atoms with Crippen molar-refractivity contribution in [2.24, 2.45) is 0 Å². The Bertz CT molecular complexity index is 461. The van der Waals surface area contributed by atoms with Gasteiger partial charge >= 0.3 is 0 Å². The van der Waals surface area contributed by atoms with Crippen LogP contribution in [-0.2, 0) is 6.54 Å². The van der Waals surface area contributed by atoms with Crippen molar-refractivity contribution in [2.75, 3.05) is 19.6 Å². The second-order valence-corrected chi connectivity index (χ2v) is 5.18. The van der Waals surface area contributed by atoms with Crippen LogP contribution in [0.4, 0.5) is 5.69 Å². The van der Waals surface area contributed by atoms with Gasteiger partial charge in [-0.1, -0.05) is 18.5 Å². The molecule has 0 amide bonds.